The normalized spacial score (nSPS) is 12.8. The molecule has 0 bridgehead atoms. The number of hydrogen-bond acceptors (Lipinski definition) is 5. The smallest absolute Gasteiger partial charge is 0.305 e. The zero-order valence-corrected chi connectivity index (χ0v) is 46.3. The van der Waals surface area contributed by atoms with Crippen molar-refractivity contribution in [3.05, 3.63) is 36.5 Å². The van der Waals surface area contributed by atoms with Gasteiger partial charge in [0, 0.05) is 12.8 Å². The van der Waals surface area contributed by atoms with Crippen molar-refractivity contribution in [2.24, 2.45) is 0 Å². The molecule has 0 saturated carbocycles. The Hall–Kier alpha value is -1.92. The number of aliphatic hydroxyl groups is 2. The average Bonchev–Trinajstić information content (AvgIpc) is 3.35. The van der Waals surface area contributed by atoms with Crippen LogP contribution in [0, 0.1) is 0 Å². The lowest BCUT2D eigenvalue weighted by atomic mass is 10.0. The number of carbonyl (C=O) groups excluding carboxylic acids is 2. The molecule has 0 radical (unpaired) electrons. The molecule has 2 atom stereocenters. The van der Waals surface area contributed by atoms with Crippen molar-refractivity contribution in [3.63, 3.8) is 0 Å². The highest BCUT2D eigenvalue weighted by molar-refractivity contribution is 5.76. The van der Waals surface area contributed by atoms with Gasteiger partial charge in [-0.25, -0.2) is 0 Å². The third-order valence-corrected chi connectivity index (χ3v) is 14.2. The SMILES string of the molecule is CCCCC/C=C\C/C=C\CCCCCCCCCC(=O)OCCCCCCCCCCCCCCCCCCCCC(=O)NC(CO)C(O)/C=C/CCCCCCCCCCCCCCCCC. The van der Waals surface area contributed by atoms with E-state index in [4.69, 9.17) is 4.74 Å². The topological polar surface area (TPSA) is 95.9 Å². The van der Waals surface area contributed by atoms with Gasteiger partial charge in [-0.2, -0.15) is 0 Å². The third-order valence-electron chi connectivity index (χ3n) is 14.2. The standard InChI is InChI=1S/C63H119NO5/c1-3-5-7-9-11-13-15-17-19-23-27-31-35-39-43-47-51-55-61(66)60(59-65)64-62(67)56-52-48-44-40-36-32-28-25-21-22-26-30-34-38-42-46-50-54-58-69-63(68)57-53-49-45-41-37-33-29-24-20-18-16-14-12-10-8-6-4-2/h12,14,18,20,51,55,60-61,65-66H,3-11,13,15-17,19,21-50,52-54,56-59H2,1-2H3,(H,64,67)/b14-12-,20-18-,55-51+. The molecule has 0 aliphatic rings. The van der Waals surface area contributed by atoms with E-state index in [1.54, 1.807) is 6.08 Å². The van der Waals surface area contributed by atoms with Gasteiger partial charge >= 0.3 is 5.97 Å². The Labute approximate surface area is 430 Å². The van der Waals surface area contributed by atoms with Crippen LogP contribution >= 0.6 is 0 Å². The number of carbonyl (C=O) groups is 2. The summed E-state index contributed by atoms with van der Waals surface area (Å²) < 4.78 is 5.49. The molecule has 0 aliphatic heterocycles. The number of esters is 1. The van der Waals surface area contributed by atoms with Crippen molar-refractivity contribution >= 4 is 11.9 Å². The van der Waals surface area contributed by atoms with E-state index in [9.17, 15) is 19.8 Å². The van der Waals surface area contributed by atoms with Crippen LogP contribution in [0.3, 0.4) is 0 Å². The first kappa shape index (κ1) is 67.1. The number of rotatable bonds is 57. The van der Waals surface area contributed by atoms with E-state index in [2.05, 4.69) is 43.5 Å². The van der Waals surface area contributed by atoms with Crippen LogP contribution in [0.15, 0.2) is 36.5 Å². The molecule has 0 fully saturated rings. The summed E-state index contributed by atoms with van der Waals surface area (Å²) >= 11 is 0. The first-order chi connectivity index (χ1) is 34.0. The number of aliphatic hydroxyl groups excluding tert-OH is 2. The van der Waals surface area contributed by atoms with Crippen molar-refractivity contribution in [2.45, 2.75) is 341 Å². The first-order valence-electron chi connectivity index (χ1n) is 30.8. The summed E-state index contributed by atoms with van der Waals surface area (Å²) in [6.07, 6.45) is 73.1. The van der Waals surface area contributed by atoms with Crippen LogP contribution in [-0.4, -0.2) is 47.4 Å². The molecule has 3 N–H and O–H groups in total. The van der Waals surface area contributed by atoms with E-state index in [-0.39, 0.29) is 18.5 Å². The van der Waals surface area contributed by atoms with Crippen LogP contribution in [0.25, 0.3) is 0 Å². The molecule has 69 heavy (non-hydrogen) atoms. The van der Waals surface area contributed by atoms with Crippen LogP contribution in [0.4, 0.5) is 0 Å². The molecule has 0 heterocycles. The molecule has 0 rings (SSSR count). The van der Waals surface area contributed by atoms with Crippen LogP contribution in [0.5, 0.6) is 0 Å². The predicted molar refractivity (Wildman–Crippen MR) is 301 cm³/mol. The van der Waals surface area contributed by atoms with Crippen molar-refractivity contribution in [2.75, 3.05) is 13.2 Å². The molecular weight excluding hydrogens is 851 g/mol. The second-order valence-electron chi connectivity index (χ2n) is 21.0. The van der Waals surface area contributed by atoms with E-state index in [1.807, 2.05) is 6.08 Å². The molecule has 0 spiro atoms. The van der Waals surface area contributed by atoms with E-state index >= 15 is 0 Å². The largest absolute Gasteiger partial charge is 0.466 e. The Kier molecular flexibility index (Phi) is 57.0. The lowest BCUT2D eigenvalue weighted by Gasteiger charge is -2.20. The fourth-order valence-corrected chi connectivity index (χ4v) is 9.43. The summed E-state index contributed by atoms with van der Waals surface area (Å²) in [5.74, 6) is -0.0716. The molecule has 0 saturated heterocycles. The van der Waals surface area contributed by atoms with Crippen molar-refractivity contribution in [1.29, 1.82) is 0 Å². The van der Waals surface area contributed by atoms with Crippen LogP contribution < -0.4 is 5.32 Å². The fraction of sp³-hybridized carbons (Fsp3) is 0.873. The summed E-state index contributed by atoms with van der Waals surface area (Å²) in [6, 6.07) is -0.632. The van der Waals surface area contributed by atoms with Crippen molar-refractivity contribution < 1.29 is 24.5 Å². The minimum Gasteiger partial charge on any atom is -0.466 e. The Morgan fingerprint density at radius 2 is 0.725 bits per heavy atom. The van der Waals surface area contributed by atoms with Crippen molar-refractivity contribution in [1.82, 2.24) is 5.32 Å². The van der Waals surface area contributed by atoms with Crippen LogP contribution in [0.1, 0.15) is 328 Å². The van der Waals surface area contributed by atoms with E-state index in [0.29, 0.717) is 19.4 Å². The van der Waals surface area contributed by atoms with E-state index < -0.39 is 12.1 Å². The summed E-state index contributed by atoms with van der Waals surface area (Å²) in [6.45, 7) is 4.88. The number of unbranched alkanes of at least 4 members (excludes halogenated alkanes) is 42. The van der Waals surface area contributed by atoms with Crippen LogP contribution in [-0.2, 0) is 14.3 Å². The quantitative estimate of drug-likeness (QED) is 0.0321. The molecule has 0 aromatic carbocycles. The fourth-order valence-electron chi connectivity index (χ4n) is 9.43. The van der Waals surface area contributed by atoms with Crippen molar-refractivity contribution in [3.8, 4) is 0 Å². The Bertz CT molecular complexity index is 1120. The molecule has 6 heteroatoms. The lowest BCUT2D eigenvalue weighted by Crippen LogP contribution is -2.45. The molecule has 2 unspecified atom stereocenters. The molecule has 0 aromatic rings. The maximum atomic E-state index is 12.5. The number of amides is 1. The Morgan fingerprint density at radius 3 is 1.13 bits per heavy atom. The number of nitrogens with one attached hydrogen (secondary N) is 1. The van der Waals surface area contributed by atoms with Gasteiger partial charge in [0.2, 0.25) is 5.91 Å². The van der Waals surface area contributed by atoms with Gasteiger partial charge in [-0.15, -0.1) is 0 Å². The highest BCUT2D eigenvalue weighted by Crippen LogP contribution is 2.17. The zero-order valence-electron chi connectivity index (χ0n) is 46.3. The second-order valence-corrected chi connectivity index (χ2v) is 21.0. The second kappa shape index (κ2) is 58.6. The Morgan fingerprint density at radius 1 is 0.406 bits per heavy atom. The maximum Gasteiger partial charge on any atom is 0.305 e. The molecule has 1 amide bonds. The van der Waals surface area contributed by atoms with Gasteiger partial charge < -0.3 is 20.3 Å². The highest BCUT2D eigenvalue weighted by Gasteiger charge is 2.18. The third kappa shape index (κ3) is 55.2. The summed E-state index contributed by atoms with van der Waals surface area (Å²) in [5.41, 5.74) is 0. The summed E-state index contributed by atoms with van der Waals surface area (Å²) in [7, 11) is 0. The van der Waals surface area contributed by atoms with Gasteiger partial charge in [0.05, 0.1) is 25.4 Å². The molecule has 0 aromatic heterocycles. The van der Waals surface area contributed by atoms with E-state index in [1.165, 1.54) is 250 Å². The highest BCUT2D eigenvalue weighted by atomic mass is 16.5. The van der Waals surface area contributed by atoms with Crippen LogP contribution in [0.2, 0.25) is 0 Å². The molecule has 6 nitrogen and oxygen atoms in total. The minimum atomic E-state index is -0.848. The molecule has 406 valence electrons. The zero-order chi connectivity index (χ0) is 50.0. The first-order valence-corrected chi connectivity index (χ1v) is 30.8. The molecule has 0 aliphatic carbocycles. The lowest BCUT2D eigenvalue weighted by molar-refractivity contribution is -0.143. The van der Waals surface area contributed by atoms with Gasteiger partial charge in [0.1, 0.15) is 0 Å². The predicted octanol–water partition coefficient (Wildman–Crippen LogP) is 19.2. The van der Waals surface area contributed by atoms with Gasteiger partial charge in [-0.05, 0) is 64.2 Å². The maximum absolute atomic E-state index is 12.5. The number of allylic oxidation sites excluding steroid dienone is 5. The van der Waals surface area contributed by atoms with Gasteiger partial charge in [0.25, 0.3) is 0 Å². The van der Waals surface area contributed by atoms with Gasteiger partial charge in [0.15, 0.2) is 0 Å². The number of ether oxygens (including phenoxy) is 1. The van der Waals surface area contributed by atoms with E-state index in [0.717, 1.165) is 51.4 Å². The van der Waals surface area contributed by atoms with Gasteiger partial charge in [-0.3, -0.25) is 9.59 Å². The Balaban J connectivity index is 3.43. The monoisotopic (exact) mass is 970 g/mol. The average molecular weight is 971 g/mol. The molecular formula is C63H119NO5. The van der Waals surface area contributed by atoms with Gasteiger partial charge in [-0.1, -0.05) is 288 Å². The minimum absolute atomic E-state index is 0.00112. The summed E-state index contributed by atoms with van der Waals surface area (Å²) in [4.78, 5) is 24.6. The summed E-state index contributed by atoms with van der Waals surface area (Å²) in [5, 5.41) is 23.2. The number of hydrogen-bond donors (Lipinski definition) is 3.